The van der Waals surface area contributed by atoms with Crippen molar-refractivity contribution in [2.24, 2.45) is 0 Å². The number of anilines is 1. The van der Waals surface area contributed by atoms with Crippen molar-refractivity contribution in [3.63, 3.8) is 0 Å². The van der Waals surface area contributed by atoms with Crippen molar-refractivity contribution in [2.45, 2.75) is 32.4 Å². The smallest absolute Gasteiger partial charge is 0.240 e. The maximum absolute atomic E-state index is 12.7. The number of pyridine rings is 1. The molecule has 4 rings (SSSR count). The molecule has 1 amide bonds. The topological polar surface area (TPSA) is 80.1 Å². The summed E-state index contributed by atoms with van der Waals surface area (Å²) >= 11 is 0. The van der Waals surface area contributed by atoms with Crippen LogP contribution >= 0.6 is 0 Å². The first-order valence-electron chi connectivity index (χ1n) is 9.51. The van der Waals surface area contributed by atoms with Crippen LogP contribution in [0.3, 0.4) is 0 Å². The Morgan fingerprint density at radius 1 is 1.29 bits per heavy atom. The lowest BCUT2D eigenvalue weighted by atomic mass is 10.1. The largest absolute Gasteiger partial charge is 0.353 e. The third kappa shape index (κ3) is 3.74. The highest BCUT2D eigenvalue weighted by atomic mass is 16.2. The molecule has 1 saturated heterocycles. The van der Waals surface area contributed by atoms with Gasteiger partial charge >= 0.3 is 0 Å². The van der Waals surface area contributed by atoms with E-state index < -0.39 is 0 Å². The van der Waals surface area contributed by atoms with Gasteiger partial charge < -0.3 is 14.8 Å². The fourth-order valence-electron chi connectivity index (χ4n) is 3.84. The number of amides is 1. The number of nitrogens with zero attached hydrogens (tertiary/aromatic N) is 4. The Hall–Kier alpha value is -3.22. The Balaban J connectivity index is 1.48. The highest BCUT2D eigenvalue weighted by molar-refractivity contribution is 5.82. The number of benzene rings is 1. The molecule has 7 nitrogen and oxygen atoms in total. The Kier molecular flexibility index (Phi) is 5.06. The van der Waals surface area contributed by atoms with Crippen LogP contribution < -0.4 is 15.6 Å². The number of fused-ring (bicyclic) bond motifs is 1. The first-order valence-corrected chi connectivity index (χ1v) is 9.51. The number of hydrogen-bond acceptors (Lipinski definition) is 5. The van der Waals surface area contributed by atoms with E-state index >= 15 is 0 Å². The Morgan fingerprint density at radius 3 is 2.96 bits per heavy atom. The number of aromatic nitrogens is 3. The summed E-state index contributed by atoms with van der Waals surface area (Å²) in [6, 6.07) is 9.06. The van der Waals surface area contributed by atoms with Gasteiger partial charge in [0, 0.05) is 48.7 Å². The fraction of sp³-hybridized carbons (Fsp3) is 0.333. The molecule has 0 radical (unpaired) electrons. The molecular weight excluding hydrogens is 354 g/mol. The number of hydrogen-bond donors (Lipinski definition) is 1. The van der Waals surface area contributed by atoms with E-state index in [4.69, 9.17) is 0 Å². The Morgan fingerprint density at radius 2 is 2.14 bits per heavy atom. The van der Waals surface area contributed by atoms with Gasteiger partial charge in [0.2, 0.25) is 5.91 Å². The van der Waals surface area contributed by atoms with Gasteiger partial charge in [-0.05, 0) is 31.9 Å². The van der Waals surface area contributed by atoms with Gasteiger partial charge in [-0.2, -0.15) is 0 Å². The summed E-state index contributed by atoms with van der Waals surface area (Å²) in [4.78, 5) is 35.6. The summed E-state index contributed by atoms with van der Waals surface area (Å²) in [5.74, 6) is 0.784. The third-order valence-corrected chi connectivity index (χ3v) is 5.19. The molecular formula is C21H23N5O2. The molecule has 3 aromatic rings. The average Bonchev–Trinajstić information content (AvgIpc) is 2.72. The molecule has 0 unspecified atom stereocenters. The van der Waals surface area contributed by atoms with Crippen molar-refractivity contribution in [1.82, 2.24) is 19.9 Å². The number of rotatable bonds is 4. The van der Waals surface area contributed by atoms with Crippen LogP contribution in [0.15, 0.2) is 53.7 Å². The highest BCUT2D eigenvalue weighted by Crippen LogP contribution is 2.17. The SMILES string of the molecule is Cc1cc(=O)c2ccccc2n1CC(=O)N[C@H]1CCCN(c2cnccn2)C1. The fourth-order valence-corrected chi connectivity index (χ4v) is 3.84. The molecule has 1 N–H and O–H groups in total. The van der Waals surface area contributed by atoms with Crippen LogP contribution in [0.25, 0.3) is 10.9 Å². The highest BCUT2D eigenvalue weighted by Gasteiger charge is 2.22. The number of para-hydroxylation sites is 1. The molecule has 1 aliphatic heterocycles. The van der Waals surface area contributed by atoms with Crippen molar-refractivity contribution in [1.29, 1.82) is 0 Å². The van der Waals surface area contributed by atoms with E-state index in [2.05, 4.69) is 20.2 Å². The van der Waals surface area contributed by atoms with Gasteiger partial charge in [-0.15, -0.1) is 0 Å². The first kappa shape index (κ1) is 18.2. The van der Waals surface area contributed by atoms with Crippen LogP contribution in [0, 0.1) is 6.92 Å². The number of piperidine rings is 1. The molecule has 7 heteroatoms. The Bertz CT molecular complexity index is 1050. The van der Waals surface area contributed by atoms with Crippen LogP contribution in [0.1, 0.15) is 18.5 Å². The molecule has 3 heterocycles. The van der Waals surface area contributed by atoms with Gasteiger partial charge in [0.05, 0.1) is 11.7 Å². The molecule has 0 aliphatic carbocycles. The quantitative estimate of drug-likeness (QED) is 0.751. The maximum Gasteiger partial charge on any atom is 0.240 e. The summed E-state index contributed by atoms with van der Waals surface area (Å²) < 4.78 is 1.90. The predicted molar refractivity (Wildman–Crippen MR) is 108 cm³/mol. The van der Waals surface area contributed by atoms with Crippen molar-refractivity contribution in [3.05, 3.63) is 64.8 Å². The van der Waals surface area contributed by atoms with Crippen molar-refractivity contribution in [3.8, 4) is 0 Å². The van der Waals surface area contributed by atoms with E-state index in [1.54, 1.807) is 30.7 Å². The van der Waals surface area contributed by atoms with Crippen molar-refractivity contribution < 1.29 is 4.79 Å². The summed E-state index contributed by atoms with van der Waals surface area (Å²) in [5.41, 5.74) is 1.55. The summed E-state index contributed by atoms with van der Waals surface area (Å²) in [6.45, 7) is 3.68. The minimum Gasteiger partial charge on any atom is -0.353 e. The number of carbonyl (C=O) groups is 1. The minimum atomic E-state index is -0.0529. The standard InChI is InChI=1S/C21H23N5O2/c1-15-11-19(27)17-6-2-3-7-18(17)26(15)14-21(28)24-16-5-4-10-25(13-16)20-12-22-8-9-23-20/h2-3,6-9,11-12,16H,4-5,10,13-14H2,1H3,(H,24,28)/t16-/m0/s1. The monoisotopic (exact) mass is 377 g/mol. The number of aryl methyl sites for hydroxylation is 1. The second-order valence-corrected chi connectivity index (χ2v) is 7.17. The van der Waals surface area contributed by atoms with E-state index in [0.29, 0.717) is 11.9 Å². The maximum atomic E-state index is 12.7. The molecule has 0 spiro atoms. The molecule has 28 heavy (non-hydrogen) atoms. The van der Waals surface area contributed by atoms with Gasteiger partial charge in [-0.1, -0.05) is 12.1 Å². The van der Waals surface area contributed by atoms with E-state index in [0.717, 1.165) is 36.4 Å². The van der Waals surface area contributed by atoms with Gasteiger partial charge in [0.15, 0.2) is 5.43 Å². The molecule has 1 aromatic carbocycles. The lowest BCUT2D eigenvalue weighted by molar-refractivity contribution is -0.122. The van der Waals surface area contributed by atoms with Gasteiger partial charge in [-0.3, -0.25) is 14.6 Å². The molecule has 1 aliphatic rings. The van der Waals surface area contributed by atoms with Crippen LogP contribution in [-0.2, 0) is 11.3 Å². The lowest BCUT2D eigenvalue weighted by Crippen LogP contribution is -2.48. The molecule has 1 fully saturated rings. The summed E-state index contributed by atoms with van der Waals surface area (Å²) in [6.07, 6.45) is 7.01. The van der Waals surface area contributed by atoms with E-state index in [-0.39, 0.29) is 23.9 Å². The second kappa shape index (κ2) is 7.80. The summed E-state index contributed by atoms with van der Waals surface area (Å²) in [7, 11) is 0. The molecule has 0 saturated carbocycles. The van der Waals surface area contributed by atoms with Gasteiger partial charge in [-0.25, -0.2) is 4.98 Å². The average molecular weight is 377 g/mol. The molecule has 2 aromatic heterocycles. The van der Waals surface area contributed by atoms with E-state index in [9.17, 15) is 9.59 Å². The minimum absolute atomic E-state index is 0.0170. The van der Waals surface area contributed by atoms with Gasteiger partial charge in [0.1, 0.15) is 12.4 Å². The van der Waals surface area contributed by atoms with Crippen LogP contribution in [0.4, 0.5) is 5.82 Å². The zero-order valence-electron chi connectivity index (χ0n) is 15.8. The van der Waals surface area contributed by atoms with Crippen LogP contribution in [-0.4, -0.2) is 39.6 Å². The normalized spacial score (nSPS) is 16.9. The predicted octanol–water partition coefficient (Wildman–Crippen LogP) is 1.89. The van der Waals surface area contributed by atoms with Gasteiger partial charge in [0.25, 0.3) is 0 Å². The van der Waals surface area contributed by atoms with E-state index in [1.807, 2.05) is 29.7 Å². The molecule has 0 bridgehead atoms. The number of nitrogens with one attached hydrogen (secondary N) is 1. The lowest BCUT2D eigenvalue weighted by Gasteiger charge is -2.33. The molecule has 144 valence electrons. The zero-order valence-corrected chi connectivity index (χ0v) is 15.8. The van der Waals surface area contributed by atoms with Crippen LogP contribution in [0.2, 0.25) is 0 Å². The Labute approximate surface area is 163 Å². The van der Waals surface area contributed by atoms with E-state index in [1.165, 1.54) is 0 Å². The molecule has 1 atom stereocenters. The summed E-state index contributed by atoms with van der Waals surface area (Å²) in [5, 5.41) is 3.78. The van der Waals surface area contributed by atoms with Crippen molar-refractivity contribution in [2.75, 3.05) is 18.0 Å². The number of carbonyl (C=O) groups excluding carboxylic acids is 1. The first-order chi connectivity index (χ1) is 13.6. The van der Waals surface area contributed by atoms with Crippen LogP contribution in [0.5, 0.6) is 0 Å². The van der Waals surface area contributed by atoms with Crippen molar-refractivity contribution >= 4 is 22.6 Å². The third-order valence-electron chi connectivity index (χ3n) is 5.19. The second-order valence-electron chi connectivity index (χ2n) is 7.17. The zero-order chi connectivity index (χ0) is 19.5.